The van der Waals surface area contributed by atoms with E-state index in [1.807, 2.05) is 0 Å². The summed E-state index contributed by atoms with van der Waals surface area (Å²) >= 11 is 0.713. The lowest BCUT2D eigenvalue weighted by molar-refractivity contribution is -0.394. The van der Waals surface area contributed by atoms with E-state index in [1.54, 1.807) is 18.2 Å². The summed E-state index contributed by atoms with van der Waals surface area (Å²) in [7, 11) is 0. The number of nitro benzene ring substituents is 2. The van der Waals surface area contributed by atoms with E-state index >= 15 is 0 Å². The fraction of sp³-hybridized carbons (Fsp3) is 0.0435. The Labute approximate surface area is 200 Å². The van der Waals surface area contributed by atoms with Crippen molar-refractivity contribution in [1.82, 2.24) is 4.90 Å². The first-order chi connectivity index (χ1) is 16.7. The lowest BCUT2D eigenvalue weighted by Crippen LogP contribution is -2.27. The third-order valence-electron chi connectivity index (χ3n) is 4.90. The maximum atomic E-state index is 13.1. The molecular weight excluding hydrogens is 481 g/mol. The number of benzene rings is 3. The van der Waals surface area contributed by atoms with Crippen LogP contribution in [0.1, 0.15) is 11.1 Å². The number of nitrogens with zero attached hydrogens (tertiary/aromatic N) is 3. The van der Waals surface area contributed by atoms with Gasteiger partial charge in [-0.25, -0.2) is 4.39 Å². The van der Waals surface area contributed by atoms with Crippen LogP contribution in [0.3, 0.4) is 0 Å². The van der Waals surface area contributed by atoms with E-state index < -0.39 is 38.2 Å². The summed E-state index contributed by atoms with van der Waals surface area (Å²) in [6.45, 7) is -0.0323. The lowest BCUT2D eigenvalue weighted by Gasteiger charge is -2.12. The van der Waals surface area contributed by atoms with Crippen LogP contribution in [0, 0.1) is 26.0 Å². The van der Waals surface area contributed by atoms with Crippen LogP contribution in [-0.2, 0) is 11.3 Å². The SMILES string of the molecule is O=C1S/C(=C/c2ccccc2Oc2ccc([N+](=O)[O-])cc2[N+](=O)[O-])C(=O)N1Cc1ccc(F)cc1. The number of rotatable bonds is 7. The van der Waals surface area contributed by atoms with E-state index in [9.17, 15) is 34.2 Å². The Morgan fingerprint density at radius 3 is 2.34 bits per heavy atom. The normalized spacial score (nSPS) is 14.4. The molecule has 3 aromatic rings. The number of ether oxygens (including phenoxy) is 1. The van der Waals surface area contributed by atoms with Gasteiger partial charge in [0.1, 0.15) is 11.6 Å². The summed E-state index contributed by atoms with van der Waals surface area (Å²) in [5.74, 6) is -1.09. The predicted molar refractivity (Wildman–Crippen MR) is 124 cm³/mol. The molecule has 0 atom stereocenters. The first kappa shape index (κ1) is 23.6. The van der Waals surface area contributed by atoms with Gasteiger partial charge in [0.25, 0.3) is 16.8 Å². The van der Waals surface area contributed by atoms with Crippen LogP contribution in [0.4, 0.5) is 20.6 Å². The zero-order valence-corrected chi connectivity index (χ0v) is 18.4. The molecule has 0 radical (unpaired) electrons. The maximum absolute atomic E-state index is 13.1. The minimum absolute atomic E-state index is 0.0323. The van der Waals surface area contributed by atoms with Gasteiger partial charge in [-0.05, 0) is 47.7 Å². The number of non-ortho nitro benzene ring substituents is 1. The highest BCUT2D eigenvalue weighted by molar-refractivity contribution is 8.18. The largest absolute Gasteiger partial charge is 0.449 e. The maximum Gasteiger partial charge on any atom is 0.318 e. The standard InChI is InChI=1S/C23H14FN3O7S/c24-16-7-5-14(6-8-16)13-25-22(28)21(35-23(25)29)11-15-3-1-2-4-19(15)34-20-10-9-17(26(30)31)12-18(20)27(32)33/h1-12H,13H2/b21-11+. The number of nitro groups is 2. The van der Waals surface area contributed by atoms with Gasteiger partial charge in [0.15, 0.2) is 0 Å². The minimum atomic E-state index is -0.800. The third kappa shape index (κ3) is 5.17. The molecule has 3 aromatic carbocycles. The molecule has 1 aliphatic rings. The van der Waals surface area contributed by atoms with Gasteiger partial charge < -0.3 is 4.74 Å². The van der Waals surface area contributed by atoms with Crippen LogP contribution < -0.4 is 4.74 Å². The highest BCUT2D eigenvalue weighted by Crippen LogP contribution is 2.38. The topological polar surface area (TPSA) is 133 Å². The third-order valence-corrected chi connectivity index (χ3v) is 5.81. The monoisotopic (exact) mass is 495 g/mol. The molecule has 0 bridgehead atoms. The van der Waals surface area contributed by atoms with E-state index in [-0.39, 0.29) is 22.9 Å². The summed E-state index contributed by atoms with van der Waals surface area (Å²) in [5.41, 5.74) is -0.141. The molecule has 0 N–H and O–H groups in total. The van der Waals surface area contributed by atoms with Gasteiger partial charge in [0, 0.05) is 11.6 Å². The number of para-hydroxylation sites is 1. The van der Waals surface area contributed by atoms with Crippen molar-refractivity contribution < 1.29 is 28.6 Å². The molecule has 0 spiro atoms. The number of hydrogen-bond donors (Lipinski definition) is 0. The van der Waals surface area contributed by atoms with Crippen molar-refractivity contribution in [2.45, 2.75) is 6.54 Å². The summed E-state index contributed by atoms with van der Waals surface area (Å²) in [6.07, 6.45) is 1.42. The molecule has 1 saturated heterocycles. The number of carbonyl (C=O) groups is 2. The molecule has 2 amide bonds. The van der Waals surface area contributed by atoms with E-state index in [1.165, 1.54) is 36.4 Å². The first-order valence-corrected chi connectivity index (χ1v) is 10.7. The van der Waals surface area contributed by atoms with Gasteiger partial charge in [-0.3, -0.25) is 34.7 Å². The number of amides is 2. The van der Waals surface area contributed by atoms with Crippen LogP contribution >= 0.6 is 11.8 Å². The highest BCUT2D eigenvalue weighted by atomic mass is 32.2. The molecule has 176 valence electrons. The summed E-state index contributed by atoms with van der Waals surface area (Å²) in [5, 5.41) is 21.9. The van der Waals surface area contributed by atoms with E-state index in [2.05, 4.69) is 0 Å². The van der Waals surface area contributed by atoms with Crippen LogP contribution in [-0.4, -0.2) is 25.9 Å². The van der Waals surface area contributed by atoms with Gasteiger partial charge in [0.05, 0.1) is 27.4 Å². The number of imide groups is 1. The lowest BCUT2D eigenvalue weighted by atomic mass is 10.1. The van der Waals surface area contributed by atoms with Crippen molar-refractivity contribution in [2.75, 3.05) is 0 Å². The highest BCUT2D eigenvalue weighted by Gasteiger charge is 2.35. The minimum Gasteiger partial charge on any atom is -0.449 e. The predicted octanol–water partition coefficient (Wildman–Crippen LogP) is 5.67. The van der Waals surface area contributed by atoms with Crippen molar-refractivity contribution in [3.8, 4) is 11.5 Å². The average Bonchev–Trinajstić information content (AvgIpc) is 3.09. The van der Waals surface area contributed by atoms with Crippen molar-refractivity contribution in [2.24, 2.45) is 0 Å². The van der Waals surface area contributed by atoms with Gasteiger partial charge in [0.2, 0.25) is 5.75 Å². The second-order valence-corrected chi connectivity index (χ2v) is 8.19. The molecule has 1 heterocycles. The van der Waals surface area contributed by atoms with Crippen LogP contribution in [0.25, 0.3) is 6.08 Å². The number of thioether (sulfide) groups is 1. The molecule has 12 heteroatoms. The van der Waals surface area contributed by atoms with Crippen molar-refractivity contribution in [1.29, 1.82) is 0 Å². The van der Waals surface area contributed by atoms with Gasteiger partial charge in [-0.15, -0.1) is 0 Å². The first-order valence-electron chi connectivity index (χ1n) is 9.92. The van der Waals surface area contributed by atoms with Gasteiger partial charge >= 0.3 is 5.69 Å². The second-order valence-electron chi connectivity index (χ2n) is 7.20. The van der Waals surface area contributed by atoms with Crippen LogP contribution in [0.2, 0.25) is 0 Å². The zero-order chi connectivity index (χ0) is 25.1. The number of carbonyl (C=O) groups excluding carboxylic acids is 2. The molecule has 0 aromatic heterocycles. The summed E-state index contributed by atoms with van der Waals surface area (Å²) < 4.78 is 18.8. The Balaban J connectivity index is 1.61. The zero-order valence-electron chi connectivity index (χ0n) is 17.6. The van der Waals surface area contributed by atoms with Crippen LogP contribution in [0.15, 0.2) is 71.6 Å². The van der Waals surface area contributed by atoms with Gasteiger partial charge in [-0.1, -0.05) is 30.3 Å². The van der Waals surface area contributed by atoms with Crippen molar-refractivity contribution >= 4 is 40.4 Å². The van der Waals surface area contributed by atoms with E-state index in [4.69, 9.17) is 4.74 Å². The Morgan fingerprint density at radius 1 is 0.943 bits per heavy atom. The fourth-order valence-corrected chi connectivity index (χ4v) is 4.04. The quantitative estimate of drug-likeness (QED) is 0.233. The Morgan fingerprint density at radius 2 is 1.66 bits per heavy atom. The molecule has 10 nitrogen and oxygen atoms in total. The van der Waals surface area contributed by atoms with E-state index in [0.29, 0.717) is 22.9 Å². The Hall–Kier alpha value is -4.58. The summed E-state index contributed by atoms with van der Waals surface area (Å²) in [4.78, 5) is 47.2. The molecule has 0 unspecified atom stereocenters. The molecular formula is C23H14FN3O7S. The average molecular weight is 495 g/mol. The molecule has 35 heavy (non-hydrogen) atoms. The molecule has 1 fully saturated rings. The smallest absolute Gasteiger partial charge is 0.318 e. The van der Waals surface area contributed by atoms with Gasteiger partial charge in [-0.2, -0.15) is 0 Å². The molecule has 0 saturated carbocycles. The fourth-order valence-electron chi connectivity index (χ4n) is 3.21. The van der Waals surface area contributed by atoms with E-state index in [0.717, 1.165) is 23.1 Å². The molecule has 4 rings (SSSR count). The van der Waals surface area contributed by atoms with Crippen molar-refractivity contribution in [3.63, 3.8) is 0 Å². The number of hydrogen-bond acceptors (Lipinski definition) is 8. The molecule has 0 aliphatic carbocycles. The van der Waals surface area contributed by atoms with Crippen LogP contribution in [0.5, 0.6) is 11.5 Å². The number of halogens is 1. The Bertz CT molecular complexity index is 1390. The second kappa shape index (κ2) is 9.73. The van der Waals surface area contributed by atoms with Crippen molar-refractivity contribution in [3.05, 3.63) is 109 Å². The Kier molecular flexibility index (Phi) is 6.55. The molecule has 1 aliphatic heterocycles. The summed E-state index contributed by atoms with van der Waals surface area (Å²) in [6, 6.07) is 14.7.